The number of amides is 1. The third-order valence-electron chi connectivity index (χ3n) is 5.84. The van der Waals surface area contributed by atoms with Crippen molar-refractivity contribution in [3.05, 3.63) is 94.6 Å². The lowest BCUT2D eigenvalue weighted by Crippen LogP contribution is -2.29. The Kier molecular flexibility index (Phi) is 6.41. The van der Waals surface area contributed by atoms with Crippen molar-refractivity contribution in [3.8, 4) is 11.5 Å². The highest BCUT2D eigenvalue weighted by Crippen LogP contribution is 2.43. The summed E-state index contributed by atoms with van der Waals surface area (Å²) in [6.07, 6.45) is 0. The molecule has 4 rings (SSSR count). The summed E-state index contributed by atoms with van der Waals surface area (Å²) in [5.41, 5.74) is 3.50. The number of hydrogen-bond acceptors (Lipinski definition) is 5. The topological polar surface area (TPSA) is 76.1 Å². The standard InChI is InChI=1S/C28H27NO5/c1-5-34-21-12-10-20(11-13-21)29-25(19-8-6-7-17(2)15-19)24(27(31)28(29)32)26(30)22-16-18(3)9-14-23(22)33-4/h6-16,25,30H,5H2,1-4H3/b26-24+. The molecule has 34 heavy (non-hydrogen) atoms. The number of rotatable bonds is 6. The number of aryl methyl sites for hydroxylation is 2. The summed E-state index contributed by atoms with van der Waals surface area (Å²) in [7, 11) is 1.50. The molecule has 1 atom stereocenters. The highest BCUT2D eigenvalue weighted by Gasteiger charge is 2.47. The van der Waals surface area contributed by atoms with Crippen LogP contribution < -0.4 is 14.4 Å². The summed E-state index contributed by atoms with van der Waals surface area (Å²) < 4.78 is 11.0. The van der Waals surface area contributed by atoms with E-state index in [0.29, 0.717) is 29.4 Å². The number of nitrogens with zero attached hydrogens (tertiary/aromatic N) is 1. The van der Waals surface area contributed by atoms with Crippen LogP contribution in [0.1, 0.15) is 35.2 Å². The molecule has 6 nitrogen and oxygen atoms in total. The summed E-state index contributed by atoms with van der Waals surface area (Å²) in [6.45, 7) is 6.23. The first-order chi connectivity index (χ1) is 16.3. The smallest absolute Gasteiger partial charge is 0.300 e. The van der Waals surface area contributed by atoms with Crippen LogP contribution in [0, 0.1) is 13.8 Å². The molecule has 0 aromatic heterocycles. The summed E-state index contributed by atoms with van der Waals surface area (Å²) in [5.74, 6) is -0.637. The number of anilines is 1. The second-order valence-electron chi connectivity index (χ2n) is 8.21. The van der Waals surface area contributed by atoms with Gasteiger partial charge in [-0.3, -0.25) is 14.5 Å². The number of ether oxygens (including phenoxy) is 2. The number of hydrogen-bond donors (Lipinski definition) is 1. The fourth-order valence-corrected chi connectivity index (χ4v) is 4.28. The van der Waals surface area contributed by atoms with E-state index >= 15 is 0 Å². The molecule has 1 aliphatic rings. The Bertz CT molecular complexity index is 1280. The van der Waals surface area contributed by atoms with E-state index in [1.807, 2.05) is 51.1 Å². The van der Waals surface area contributed by atoms with E-state index in [1.165, 1.54) is 12.0 Å². The lowest BCUT2D eigenvalue weighted by atomic mass is 9.93. The Hall–Kier alpha value is -4.06. The minimum atomic E-state index is -0.803. The number of carbonyl (C=O) groups excluding carboxylic acids is 2. The van der Waals surface area contributed by atoms with Gasteiger partial charge in [-0.15, -0.1) is 0 Å². The number of aliphatic hydroxyl groups excluding tert-OH is 1. The van der Waals surface area contributed by atoms with Crippen LogP contribution in [0.4, 0.5) is 5.69 Å². The van der Waals surface area contributed by atoms with Crippen molar-refractivity contribution in [1.29, 1.82) is 0 Å². The maximum atomic E-state index is 13.4. The quantitative estimate of drug-likeness (QED) is 0.307. The number of aliphatic hydroxyl groups is 1. The van der Waals surface area contributed by atoms with Gasteiger partial charge in [-0.2, -0.15) is 0 Å². The lowest BCUT2D eigenvalue weighted by molar-refractivity contribution is -0.132. The molecule has 174 valence electrons. The van der Waals surface area contributed by atoms with Crippen LogP contribution in [-0.2, 0) is 9.59 Å². The van der Waals surface area contributed by atoms with Crippen LogP contribution in [0.3, 0.4) is 0 Å². The van der Waals surface area contributed by atoms with Gasteiger partial charge in [0.2, 0.25) is 0 Å². The zero-order valence-corrected chi connectivity index (χ0v) is 19.7. The second-order valence-corrected chi connectivity index (χ2v) is 8.21. The molecular formula is C28H27NO5. The molecule has 1 saturated heterocycles. The Labute approximate surface area is 199 Å². The van der Waals surface area contributed by atoms with Crippen LogP contribution in [0.15, 0.2) is 72.3 Å². The lowest BCUT2D eigenvalue weighted by Gasteiger charge is -2.26. The van der Waals surface area contributed by atoms with Crippen molar-refractivity contribution in [2.45, 2.75) is 26.8 Å². The maximum absolute atomic E-state index is 13.4. The molecular weight excluding hydrogens is 430 g/mol. The molecule has 0 bridgehead atoms. The van der Waals surface area contributed by atoms with Gasteiger partial charge in [-0.1, -0.05) is 41.5 Å². The van der Waals surface area contributed by atoms with Gasteiger partial charge in [0.15, 0.2) is 0 Å². The van der Waals surface area contributed by atoms with Crippen LogP contribution in [0.25, 0.3) is 5.76 Å². The van der Waals surface area contributed by atoms with Crippen molar-refractivity contribution in [2.24, 2.45) is 0 Å². The monoisotopic (exact) mass is 457 g/mol. The van der Waals surface area contributed by atoms with E-state index in [4.69, 9.17) is 9.47 Å². The highest BCUT2D eigenvalue weighted by atomic mass is 16.5. The zero-order chi connectivity index (χ0) is 24.4. The van der Waals surface area contributed by atoms with Gasteiger partial charge < -0.3 is 14.6 Å². The first-order valence-electron chi connectivity index (χ1n) is 11.1. The Morgan fingerprint density at radius 3 is 2.32 bits per heavy atom. The normalized spacial score (nSPS) is 17.2. The number of Topliss-reactive ketones (excluding diaryl/α,β-unsaturated/α-hetero) is 1. The van der Waals surface area contributed by atoms with Gasteiger partial charge in [-0.25, -0.2) is 0 Å². The fourth-order valence-electron chi connectivity index (χ4n) is 4.28. The molecule has 3 aromatic carbocycles. The minimum absolute atomic E-state index is 0.0217. The van der Waals surface area contributed by atoms with Gasteiger partial charge >= 0.3 is 0 Å². The Morgan fingerprint density at radius 2 is 1.68 bits per heavy atom. The molecule has 1 fully saturated rings. The Balaban J connectivity index is 1.94. The first kappa shape index (κ1) is 23.1. The van der Waals surface area contributed by atoms with E-state index in [-0.39, 0.29) is 11.3 Å². The second kappa shape index (κ2) is 9.43. The third kappa shape index (κ3) is 4.15. The summed E-state index contributed by atoms with van der Waals surface area (Å²) in [6, 6.07) is 19.1. The van der Waals surface area contributed by atoms with Crippen molar-refractivity contribution < 1.29 is 24.2 Å². The maximum Gasteiger partial charge on any atom is 0.300 e. The third-order valence-corrected chi connectivity index (χ3v) is 5.84. The molecule has 0 spiro atoms. The Morgan fingerprint density at radius 1 is 0.971 bits per heavy atom. The summed E-state index contributed by atoms with van der Waals surface area (Å²) >= 11 is 0. The molecule has 1 heterocycles. The van der Waals surface area contributed by atoms with E-state index in [1.54, 1.807) is 36.4 Å². The summed E-state index contributed by atoms with van der Waals surface area (Å²) in [4.78, 5) is 28.1. The number of methoxy groups -OCH3 is 1. The predicted octanol–water partition coefficient (Wildman–Crippen LogP) is 5.34. The molecule has 1 unspecified atom stereocenters. The molecule has 1 amide bonds. The van der Waals surface area contributed by atoms with Crippen LogP contribution >= 0.6 is 0 Å². The van der Waals surface area contributed by atoms with Crippen LogP contribution in [0.5, 0.6) is 11.5 Å². The predicted molar refractivity (Wildman–Crippen MR) is 131 cm³/mol. The van der Waals surface area contributed by atoms with Gasteiger partial charge in [0, 0.05) is 5.69 Å². The molecule has 1 N–H and O–H groups in total. The number of carbonyl (C=O) groups is 2. The average molecular weight is 458 g/mol. The van der Waals surface area contributed by atoms with Crippen molar-refractivity contribution >= 4 is 23.1 Å². The van der Waals surface area contributed by atoms with Gasteiger partial charge in [0.25, 0.3) is 11.7 Å². The van der Waals surface area contributed by atoms with Crippen molar-refractivity contribution in [1.82, 2.24) is 0 Å². The molecule has 0 saturated carbocycles. The zero-order valence-electron chi connectivity index (χ0n) is 19.7. The minimum Gasteiger partial charge on any atom is -0.507 e. The van der Waals surface area contributed by atoms with Gasteiger partial charge in [0.1, 0.15) is 17.3 Å². The molecule has 3 aromatic rings. The van der Waals surface area contributed by atoms with E-state index in [0.717, 1.165) is 16.7 Å². The van der Waals surface area contributed by atoms with Gasteiger partial charge in [0.05, 0.1) is 30.9 Å². The molecule has 1 aliphatic heterocycles. The SMILES string of the molecule is CCOc1ccc(N2C(=O)C(=O)/C(=C(/O)c3cc(C)ccc3OC)C2c2cccc(C)c2)cc1. The first-order valence-corrected chi connectivity index (χ1v) is 11.1. The average Bonchev–Trinajstić information content (AvgIpc) is 3.10. The summed E-state index contributed by atoms with van der Waals surface area (Å²) in [5, 5.41) is 11.4. The highest BCUT2D eigenvalue weighted by molar-refractivity contribution is 6.51. The fraction of sp³-hybridized carbons (Fsp3) is 0.214. The number of ketones is 1. The van der Waals surface area contributed by atoms with E-state index in [9.17, 15) is 14.7 Å². The van der Waals surface area contributed by atoms with Crippen LogP contribution in [0.2, 0.25) is 0 Å². The van der Waals surface area contributed by atoms with Crippen molar-refractivity contribution in [2.75, 3.05) is 18.6 Å². The van der Waals surface area contributed by atoms with Gasteiger partial charge in [-0.05, 0) is 62.7 Å². The molecule has 0 radical (unpaired) electrons. The van der Waals surface area contributed by atoms with E-state index in [2.05, 4.69) is 0 Å². The number of benzene rings is 3. The molecule has 6 heteroatoms. The van der Waals surface area contributed by atoms with Crippen LogP contribution in [-0.4, -0.2) is 30.5 Å². The van der Waals surface area contributed by atoms with E-state index < -0.39 is 17.7 Å². The largest absolute Gasteiger partial charge is 0.507 e. The molecule has 0 aliphatic carbocycles. The van der Waals surface area contributed by atoms with Crippen molar-refractivity contribution in [3.63, 3.8) is 0 Å².